The van der Waals surface area contributed by atoms with Gasteiger partial charge in [-0.25, -0.2) is 0 Å². The second-order valence-electron chi connectivity index (χ2n) is 6.03. The quantitative estimate of drug-likeness (QED) is 0.767. The summed E-state index contributed by atoms with van der Waals surface area (Å²) in [4.78, 5) is 0. The van der Waals surface area contributed by atoms with Crippen LogP contribution in [0.3, 0.4) is 0 Å². The van der Waals surface area contributed by atoms with Crippen molar-refractivity contribution in [2.45, 2.75) is 45.6 Å². The van der Waals surface area contributed by atoms with Crippen LogP contribution in [0.5, 0.6) is 0 Å². The van der Waals surface area contributed by atoms with Gasteiger partial charge in [-0.05, 0) is 57.2 Å². The molecule has 94 valence electrons. The van der Waals surface area contributed by atoms with Crippen molar-refractivity contribution < 1.29 is 0 Å². The van der Waals surface area contributed by atoms with Crippen molar-refractivity contribution in [3.63, 3.8) is 0 Å². The molecule has 0 bridgehead atoms. The molecule has 18 heavy (non-hydrogen) atoms. The van der Waals surface area contributed by atoms with Gasteiger partial charge in [-0.3, -0.25) is 0 Å². The predicted molar refractivity (Wildman–Crippen MR) is 72.5 cm³/mol. The van der Waals surface area contributed by atoms with Crippen molar-refractivity contribution in [2.75, 3.05) is 0 Å². The van der Waals surface area contributed by atoms with Crippen LogP contribution in [0.4, 0.5) is 0 Å². The Morgan fingerprint density at radius 1 is 1.11 bits per heavy atom. The van der Waals surface area contributed by atoms with Gasteiger partial charge in [0, 0.05) is 11.1 Å². The van der Waals surface area contributed by atoms with Gasteiger partial charge in [0.2, 0.25) is 0 Å². The molecule has 0 aliphatic heterocycles. The molecule has 0 N–H and O–H groups in total. The first-order valence-electron chi connectivity index (χ1n) is 6.58. The summed E-state index contributed by atoms with van der Waals surface area (Å²) in [5.41, 5.74) is 4.18. The number of aryl methyl sites for hydroxylation is 2. The van der Waals surface area contributed by atoms with Crippen LogP contribution in [0.25, 0.3) is 11.4 Å². The molecule has 1 heterocycles. The van der Waals surface area contributed by atoms with Gasteiger partial charge in [0.25, 0.3) is 0 Å². The van der Waals surface area contributed by atoms with Crippen molar-refractivity contribution in [3.05, 3.63) is 35.7 Å². The summed E-state index contributed by atoms with van der Waals surface area (Å²) in [7, 11) is 0. The normalized spacial score (nSPS) is 14.8. The van der Waals surface area contributed by atoms with Crippen LogP contribution in [0.15, 0.2) is 24.5 Å². The first-order chi connectivity index (χ1) is 8.55. The Morgan fingerprint density at radius 3 is 2.67 bits per heavy atom. The average Bonchev–Trinajstić information content (AvgIpc) is 2.96. The van der Waals surface area contributed by atoms with E-state index < -0.39 is 0 Å². The fourth-order valence-corrected chi connectivity index (χ4v) is 2.63. The molecule has 1 aliphatic rings. The van der Waals surface area contributed by atoms with Crippen LogP contribution in [0, 0.1) is 0 Å². The van der Waals surface area contributed by atoms with E-state index in [1.807, 2.05) is 6.33 Å². The van der Waals surface area contributed by atoms with Crippen LogP contribution >= 0.6 is 0 Å². The van der Waals surface area contributed by atoms with Gasteiger partial charge in [-0.15, -0.1) is 10.2 Å². The van der Waals surface area contributed by atoms with E-state index in [-0.39, 0.29) is 5.54 Å². The van der Waals surface area contributed by atoms with Crippen molar-refractivity contribution in [1.29, 1.82) is 0 Å². The average molecular weight is 241 g/mol. The topological polar surface area (TPSA) is 30.7 Å². The molecule has 0 unspecified atom stereocenters. The molecule has 0 saturated carbocycles. The van der Waals surface area contributed by atoms with Crippen molar-refractivity contribution >= 4 is 0 Å². The van der Waals surface area contributed by atoms with Crippen LogP contribution in [0.1, 0.15) is 38.3 Å². The number of hydrogen-bond donors (Lipinski definition) is 0. The summed E-state index contributed by atoms with van der Waals surface area (Å²) in [6.07, 6.45) is 5.53. The van der Waals surface area contributed by atoms with Gasteiger partial charge < -0.3 is 4.57 Å². The zero-order valence-corrected chi connectivity index (χ0v) is 11.3. The molecule has 1 aromatic carbocycles. The Balaban J connectivity index is 2.08. The summed E-state index contributed by atoms with van der Waals surface area (Å²) >= 11 is 0. The first kappa shape index (κ1) is 11.5. The fourth-order valence-electron chi connectivity index (χ4n) is 2.63. The van der Waals surface area contributed by atoms with E-state index in [0.29, 0.717) is 0 Å². The highest BCUT2D eigenvalue weighted by molar-refractivity contribution is 5.58. The zero-order chi connectivity index (χ0) is 12.8. The van der Waals surface area contributed by atoms with Gasteiger partial charge >= 0.3 is 0 Å². The maximum absolute atomic E-state index is 4.29. The molecule has 0 saturated heterocycles. The number of hydrogen-bond acceptors (Lipinski definition) is 2. The molecule has 0 spiro atoms. The van der Waals surface area contributed by atoms with Crippen molar-refractivity contribution in [2.24, 2.45) is 0 Å². The van der Waals surface area contributed by atoms with Gasteiger partial charge in [0.15, 0.2) is 5.82 Å². The number of fused-ring (bicyclic) bond motifs is 1. The Hall–Kier alpha value is -1.64. The molecule has 2 aromatic rings. The summed E-state index contributed by atoms with van der Waals surface area (Å²) in [5.74, 6) is 0.970. The third kappa shape index (κ3) is 1.84. The fraction of sp³-hybridized carbons (Fsp3) is 0.467. The molecule has 0 amide bonds. The third-order valence-corrected chi connectivity index (χ3v) is 3.63. The lowest BCUT2D eigenvalue weighted by Gasteiger charge is -2.22. The lowest BCUT2D eigenvalue weighted by Crippen LogP contribution is -2.21. The number of aromatic nitrogens is 3. The van der Waals surface area contributed by atoms with Gasteiger partial charge in [-0.1, -0.05) is 12.1 Å². The molecule has 3 heteroatoms. The monoisotopic (exact) mass is 241 g/mol. The SMILES string of the molecule is CC(C)(C)n1cnnc1-c1ccc2c(c1)CCC2. The number of nitrogens with zero attached hydrogens (tertiary/aromatic N) is 3. The first-order valence-corrected chi connectivity index (χ1v) is 6.58. The smallest absolute Gasteiger partial charge is 0.164 e. The van der Waals surface area contributed by atoms with E-state index in [1.165, 1.54) is 36.0 Å². The molecule has 3 nitrogen and oxygen atoms in total. The highest BCUT2D eigenvalue weighted by atomic mass is 15.3. The maximum atomic E-state index is 4.29. The molecule has 0 fully saturated rings. The minimum atomic E-state index is 0.0118. The van der Waals surface area contributed by atoms with Crippen molar-refractivity contribution in [3.8, 4) is 11.4 Å². The molecular weight excluding hydrogens is 222 g/mol. The van der Waals surface area contributed by atoms with E-state index in [9.17, 15) is 0 Å². The standard InChI is InChI=1S/C15H19N3/c1-15(2,3)18-10-16-17-14(18)13-8-7-11-5-4-6-12(11)9-13/h7-10H,4-6H2,1-3H3. The summed E-state index contributed by atoms with van der Waals surface area (Å²) in [5, 5.41) is 8.36. The Labute approximate surface area is 108 Å². The Kier molecular flexibility index (Phi) is 2.51. The largest absolute Gasteiger partial charge is 0.308 e. The van der Waals surface area contributed by atoms with E-state index >= 15 is 0 Å². The molecular formula is C15H19N3. The second-order valence-corrected chi connectivity index (χ2v) is 6.03. The number of benzene rings is 1. The molecule has 3 rings (SSSR count). The van der Waals surface area contributed by atoms with E-state index in [2.05, 4.69) is 53.7 Å². The second kappa shape index (κ2) is 3.94. The van der Waals surface area contributed by atoms with Gasteiger partial charge in [0.1, 0.15) is 6.33 Å². The Morgan fingerprint density at radius 2 is 1.89 bits per heavy atom. The van der Waals surface area contributed by atoms with Crippen LogP contribution in [-0.4, -0.2) is 14.8 Å². The van der Waals surface area contributed by atoms with E-state index in [1.54, 1.807) is 0 Å². The molecule has 0 radical (unpaired) electrons. The van der Waals surface area contributed by atoms with Gasteiger partial charge in [0.05, 0.1) is 0 Å². The minimum Gasteiger partial charge on any atom is -0.308 e. The summed E-state index contributed by atoms with van der Waals surface area (Å²) < 4.78 is 2.14. The van der Waals surface area contributed by atoms with E-state index in [4.69, 9.17) is 0 Å². The predicted octanol–water partition coefficient (Wildman–Crippen LogP) is 3.19. The van der Waals surface area contributed by atoms with Crippen molar-refractivity contribution in [1.82, 2.24) is 14.8 Å². The zero-order valence-electron chi connectivity index (χ0n) is 11.3. The highest BCUT2D eigenvalue weighted by Crippen LogP contribution is 2.29. The highest BCUT2D eigenvalue weighted by Gasteiger charge is 2.20. The molecule has 0 atom stereocenters. The summed E-state index contributed by atoms with van der Waals surface area (Å²) in [6.45, 7) is 6.52. The lowest BCUT2D eigenvalue weighted by atomic mass is 10.0. The van der Waals surface area contributed by atoms with Gasteiger partial charge in [-0.2, -0.15) is 0 Å². The van der Waals surface area contributed by atoms with E-state index in [0.717, 1.165) is 5.82 Å². The van der Waals surface area contributed by atoms with Crippen LogP contribution in [-0.2, 0) is 18.4 Å². The molecule has 1 aromatic heterocycles. The van der Waals surface area contributed by atoms with Crippen LogP contribution < -0.4 is 0 Å². The molecule has 1 aliphatic carbocycles. The summed E-state index contributed by atoms with van der Waals surface area (Å²) in [6, 6.07) is 6.71. The van der Waals surface area contributed by atoms with Crippen LogP contribution in [0.2, 0.25) is 0 Å². The minimum absolute atomic E-state index is 0.0118. The lowest BCUT2D eigenvalue weighted by molar-refractivity contribution is 0.400. The Bertz CT molecular complexity index is 576. The maximum Gasteiger partial charge on any atom is 0.164 e. The number of rotatable bonds is 1. The third-order valence-electron chi connectivity index (χ3n) is 3.63.